The summed E-state index contributed by atoms with van der Waals surface area (Å²) in [7, 11) is -3.51. The third-order valence-electron chi connectivity index (χ3n) is 2.90. The number of anilines is 1. The molecule has 0 bridgehead atoms. The van der Waals surface area contributed by atoms with E-state index in [0.717, 1.165) is 19.5 Å². The van der Waals surface area contributed by atoms with Gasteiger partial charge < -0.3 is 10.3 Å². The number of hydrazine groups is 1. The Hall–Kier alpha value is -1.22. The van der Waals surface area contributed by atoms with Crippen molar-refractivity contribution in [3.63, 3.8) is 0 Å². The van der Waals surface area contributed by atoms with Gasteiger partial charge in [-0.25, -0.2) is 24.0 Å². The van der Waals surface area contributed by atoms with E-state index in [4.69, 9.17) is 5.84 Å². The summed E-state index contributed by atoms with van der Waals surface area (Å²) in [5.74, 6) is 5.60. The van der Waals surface area contributed by atoms with Crippen LogP contribution in [0.5, 0.6) is 0 Å². The molecule has 8 heteroatoms. The van der Waals surface area contributed by atoms with Gasteiger partial charge in [-0.2, -0.15) is 0 Å². The molecule has 0 saturated carbocycles. The van der Waals surface area contributed by atoms with E-state index in [1.54, 1.807) is 0 Å². The van der Waals surface area contributed by atoms with E-state index in [-0.39, 0.29) is 4.90 Å². The molecule has 0 atom stereocenters. The highest BCUT2D eigenvalue weighted by Gasteiger charge is 2.14. The highest BCUT2D eigenvalue weighted by atomic mass is 32.2. The van der Waals surface area contributed by atoms with Crippen LogP contribution in [0.4, 0.5) is 5.82 Å². The van der Waals surface area contributed by atoms with E-state index >= 15 is 0 Å². The normalized spacial score (nSPS) is 11.8. The quantitative estimate of drug-likeness (QED) is 0.450. The number of nitrogens with two attached hydrogens (primary N) is 1. The first kappa shape index (κ1) is 16.8. The van der Waals surface area contributed by atoms with Crippen molar-refractivity contribution >= 4 is 15.8 Å². The second-order valence-corrected chi connectivity index (χ2v) is 6.12. The minimum absolute atomic E-state index is 0.134. The van der Waals surface area contributed by atoms with E-state index in [9.17, 15) is 8.42 Å². The van der Waals surface area contributed by atoms with E-state index < -0.39 is 10.0 Å². The minimum atomic E-state index is -3.51. The second-order valence-electron chi connectivity index (χ2n) is 4.36. The van der Waals surface area contributed by atoms with Gasteiger partial charge in [0, 0.05) is 19.3 Å². The van der Waals surface area contributed by atoms with Gasteiger partial charge in [0.25, 0.3) is 0 Å². The zero-order valence-electron chi connectivity index (χ0n) is 12.0. The first-order valence-corrected chi connectivity index (χ1v) is 8.16. The van der Waals surface area contributed by atoms with E-state index in [0.29, 0.717) is 18.9 Å². The monoisotopic (exact) mass is 301 g/mol. The fourth-order valence-corrected chi connectivity index (χ4v) is 2.76. The molecule has 7 nitrogen and oxygen atoms in total. The number of hydrogen-bond acceptors (Lipinski definition) is 6. The minimum Gasteiger partial charge on any atom is -0.308 e. The number of sulfonamides is 1. The molecule has 0 saturated heterocycles. The molecule has 0 unspecified atom stereocenters. The molecule has 0 aromatic carbocycles. The zero-order chi connectivity index (χ0) is 15.0. The molecule has 114 valence electrons. The van der Waals surface area contributed by atoms with Gasteiger partial charge >= 0.3 is 0 Å². The predicted octanol–water partition coefficient (Wildman–Crippen LogP) is 0.377. The van der Waals surface area contributed by atoms with Crippen molar-refractivity contribution in [1.29, 1.82) is 0 Å². The summed E-state index contributed by atoms with van der Waals surface area (Å²) in [6.07, 6.45) is 2.33. The number of pyridine rings is 1. The average molecular weight is 301 g/mol. The Balaban J connectivity index is 2.56. The van der Waals surface area contributed by atoms with Crippen molar-refractivity contribution < 1.29 is 8.42 Å². The highest BCUT2D eigenvalue weighted by Crippen LogP contribution is 2.09. The predicted molar refractivity (Wildman–Crippen MR) is 79.6 cm³/mol. The first-order chi connectivity index (χ1) is 9.53. The van der Waals surface area contributed by atoms with Crippen molar-refractivity contribution in [3.8, 4) is 0 Å². The number of nitrogens with zero attached hydrogens (tertiary/aromatic N) is 2. The van der Waals surface area contributed by atoms with E-state index in [1.807, 2.05) is 0 Å². The van der Waals surface area contributed by atoms with Crippen LogP contribution >= 0.6 is 0 Å². The molecule has 4 N–H and O–H groups in total. The molecule has 1 heterocycles. The van der Waals surface area contributed by atoms with Crippen molar-refractivity contribution in [3.05, 3.63) is 18.3 Å². The summed E-state index contributed by atoms with van der Waals surface area (Å²) in [5.41, 5.74) is 2.35. The molecule has 1 rings (SSSR count). The number of nitrogens with one attached hydrogen (secondary N) is 2. The standard InChI is InChI=1S/C12H23N5O2S/c1-3-8-17(4-2)9-7-15-20(18,19)11-5-6-12(16-13)14-10-11/h5-6,10,15H,3-4,7-9,13H2,1-2H3,(H,14,16). The average Bonchev–Trinajstić information content (AvgIpc) is 2.46. The Morgan fingerprint density at radius 1 is 1.30 bits per heavy atom. The molecule has 0 aliphatic rings. The Labute approximate surface area is 120 Å². The van der Waals surface area contributed by atoms with E-state index in [2.05, 4.69) is 33.9 Å². The van der Waals surface area contributed by atoms with E-state index in [1.165, 1.54) is 18.3 Å². The van der Waals surface area contributed by atoms with Gasteiger partial charge in [0.15, 0.2) is 0 Å². The first-order valence-electron chi connectivity index (χ1n) is 6.68. The van der Waals surface area contributed by atoms with Crippen LogP contribution in [0.1, 0.15) is 20.3 Å². The second kappa shape index (κ2) is 8.15. The molecule has 1 aromatic heterocycles. The van der Waals surface area contributed by atoms with Crippen LogP contribution < -0.4 is 16.0 Å². The molecule has 20 heavy (non-hydrogen) atoms. The van der Waals surface area contributed by atoms with Crippen LogP contribution in [0.3, 0.4) is 0 Å². The molecule has 0 spiro atoms. The topological polar surface area (TPSA) is 100 Å². The third kappa shape index (κ3) is 5.04. The Kier molecular flexibility index (Phi) is 6.86. The number of likely N-dealkylation sites (N-methyl/N-ethyl adjacent to an activating group) is 1. The van der Waals surface area contributed by atoms with Gasteiger partial charge in [-0.15, -0.1) is 0 Å². The van der Waals surface area contributed by atoms with Crippen molar-refractivity contribution in [2.75, 3.05) is 31.6 Å². The molecule has 0 fully saturated rings. The van der Waals surface area contributed by atoms with Crippen molar-refractivity contribution in [2.24, 2.45) is 5.84 Å². The van der Waals surface area contributed by atoms with Crippen molar-refractivity contribution in [2.45, 2.75) is 25.2 Å². The SMILES string of the molecule is CCCN(CC)CCNS(=O)(=O)c1ccc(NN)nc1. The van der Waals surface area contributed by atoms with Gasteiger partial charge in [0.2, 0.25) is 10.0 Å². The lowest BCUT2D eigenvalue weighted by Gasteiger charge is -2.19. The highest BCUT2D eigenvalue weighted by molar-refractivity contribution is 7.89. The fraction of sp³-hybridized carbons (Fsp3) is 0.583. The molecule has 0 aliphatic carbocycles. The Bertz CT molecular complexity index is 489. The number of rotatable bonds is 9. The number of hydrogen-bond donors (Lipinski definition) is 3. The lowest BCUT2D eigenvalue weighted by Crippen LogP contribution is -2.35. The van der Waals surface area contributed by atoms with Crippen LogP contribution in [0.15, 0.2) is 23.2 Å². The maximum Gasteiger partial charge on any atom is 0.242 e. The van der Waals surface area contributed by atoms with Crippen LogP contribution in [-0.4, -0.2) is 44.5 Å². The summed E-state index contributed by atoms with van der Waals surface area (Å²) < 4.78 is 26.7. The summed E-state index contributed by atoms with van der Waals surface area (Å²) in [6, 6.07) is 2.98. The number of nitrogen functional groups attached to an aromatic ring is 1. The Morgan fingerprint density at radius 3 is 2.55 bits per heavy atom. The molecular weight excluding hydrogens is 278 g/mol. The zero-order valence-corrected chi connectivity index (χ0v) is 12.8. The Morgan fingerprint density at radius 2 is 2.05 bits per heavy atom. The van der Waals surface area contributed by atoms with Crippen LogP contribution in [0.25, 0.3) is 0 Å². The molecule has 1 aromatic rings. The summed E-state index contributed by atoms with van der Waals surface area (Å²) in [4.78, 5) is 6.22. The molecule has 0 radical (unpaired) electrons. The lowest BCUT2D eigenvalue weighted by molar-refractivity contribution is 0.293. The number of aromatic nitrogens is 1. The summed E-state index contributed by atoms with van der Waals surface area (Å²) in [5, 5.41) is 0. The van der Waals surface area contributed by atoms with Gasteiger partial charge in [0.05, 0.1) is 0 Å². The maximum absolute atomic E-state index is 12.0. The lowest BCUT2D eigenvalue weighted by atomic mass is 10.4. The van der Waals surface area contributed by atoms with Gasteiger partial charge in [0.1, 0.15) is 10.7 Å². The van der Waals surface area contributed by atoms with Gasteiger partial charge in [-0.3, -0.25) is 0 Å². The van der Waals surface area contributed by atoms with Gasteiger partial charge in [-0.1, -0.05) is 13.8 Å². The smallest absolute Gasteiger partial charge is 0.242 e. The molecule has 0 aliphatic heterocycles. The van der Waals surface area contributed by atoms with Crippen LogP contribution in [-0.2, 0) is 10.0 Å². The van der Waals surface area contributed by atoms with Gasteiger partial charge in [-0.05, 0) is 31.6 Å². The fourth-order valence-electron chi connectivity index (χ4n) is 1.79. The van der Waals surface area contributed by atoms with Crippen LogP contribution in [0.2, 0.25) is 0 Å². The third-order valence-corrected chi connectivity index (χ3v) is 4.35. The maximum atomic E-state index is 12.0. The summed E-state index contributed by atoms with van der Waals surface area (Å²) in [6.45, 7) is 7.12. The molecule has 0 amide bonds. The van der Waals surface area contributed by atoms with Crippen molar-refractivity contribution in [1.82, 2.24) is 14.6 Å². The molecular formula is C12H23N5O2S. The van der Waals surface area contributed by atoms with Crippen LogP contribution in [0, 0.1) is 0 Å². The largest absolute Gasteiger partial charge is 0.308 e. The summed E-state index contributed by atoms with van der Waals surface area (Å²) >= 11 is 0.